The molecule has 1 saturated heterocycles. The van der Waals surface area contributed by atoms with Crippen LogP contribution in [0.4, 0.5) is 0 Å². The monoisotopic (exact) mass is 270 g/mol. The van der Waals surface area contributed by atoms with Crippen molar-refractivity contribution in [3.05, 3.63) is 0 Å². The highest BCUT2D eigenvalue weighted by atomic mass is 16.3. The molecule has 1 aliphatic heterocycles. The van der Waals surface area contributed by atoms with Crippen LogP contribution in [0.15, 0.2) is 0 Å². The van der Waals surface area contributed by atoms with E-state index in [2.05, 4.69) is 13.8 Å². The Bertz CT molecular complexity index is 282. The normalized spacial score (nSPS) is 19.5. The highest BCUT2D eigenvalue weighted by molar-refractivity contribution is 5.76. The van der Waals surface area contributed by atoms with Gasteiger partial charge in [-0.15, -0.1) is 0 Å². The van der Waals surface area contributed by atoms with E-state index in [1.807, 2.05) is 11.8 Å². The van der Waals surface area contributed by atoms with E-state index in [1.54, 1.807) is 0 Å². The molecular weight excluding hydrogens is 240 g/mol. The largest absolute Gasteiger partial charge is 0.393 e. The molecule has 0 aromatic rings. The summed E-state index contributed by atoms with van der Waals surface area (Å²) in [5.74, 6) is 0.617. The second-order valence-corrected chi connectivity index (χ2v) is 6.66. The summed E-state index contributed by atoms with van der Waals surface area (Å²) in [5, 5.41) is 9.56. The van der Waals surface area contributed by atoms with Crippen molar-refractivity contribution in [3.8, 4) is 0 Å². The molecule has 0 aliphatic carbocycles. The number of piperidine rings is 1. The SMILES string of the molecule is CC(O)C1CCN(C(=O)CCC(C)(C)CCN)CC1. The maximum Gasteiger partial charge on any atom is 0.222 e. The van der Waals surface area contributed by atoms with Crippen molar-refractivity contribution < 1.29 is 9.90 Å². The summed E-state index contributed by atoms with van der Waals surface area (Å²) in [6, 6.07) is 0. The lowest BCUT2D eigenvalue weighted by Gasteiger charge is -2.34. The molecule has 1 amide bonds. The zero-order chi connectivity index (χ0) is 14.5. The summed E-state index contributed by atoms with van der Waals surface area (Å²) in [7, 11) is 0. The van der Waals surface area contributed by atoms with Crippen molar-refractivity contribution in [2.75, 3.05) is 19.6 Å². The summed E-state index contributed by atoms with van der Waals surface area (Å²) < 4.78 is 0. The second kappa shape index (κ2) is 7.25. The van der Waals surface area contributed by atoms with Crippen molar-refractivity contribution in [2.24, 2.45) is 17.1 Å². The van der Waals surface area contributed by atoms with Crippen LogP contribution in [-0.2, 0) is 4.79 Å². The summed E-state index contributed by atoms with van der Waals surface area (Å²) in [5.41, 5.74) is 5.74. The van der Waals surface area contributed by atoms with Crippen molar-refractivity contribution >= 4 is 5.91 Å². The molecule has 1 atom stereocenters. The Morgan fingerprint density at radius 3 is 2.42 bits per heavy atom. The Morgan fingerprint density at radius 2 is 1.95 bits per heavy atom. The van der Waals surface area contributed by atoms with E-state index in [1.165, 1.54) is 0 Å². The van der Waals surface area contributed by atoms with Gasteiger partial charge in [0.05, 0.1) is 6.10 Å². The maximum atomic E-state index is 12.2. The fourth-order valence-electron chi connectivity index (χ4n) is 2.75. The lowest BCUT2D eigenvalue weighted by Crippen LogP contribution is -2.41. The van der Waals surface area contributed by atoms with Gasteiger partial charge in [0.2, 0.25) is 5.91 Å². The minimum absolute atomic E-state index is 0.155. The zero-order valence-corrected chi connectivity index (χ0v) is 12.7. The fraction of sp³-hybridized carbons (Fsp3) is 0.933. The quantitative estimate of drug-likeness (QED) is 0.773. The van der Waals surface area contributed by atoms with Crippen LogP contribution in [0.3, 0.4) is 0 Å². The highest BCUT2D eigenvalue weighted by Gasteiger charge is 2.26. The van der Waals surface area contributed by atoms with Crippen LogP contribution in [-0.4, -0.2) is 41.7 Å². The lowest BCUT2D eigenvalue weighted by molar-refractivity contribution is -0.133. The first kappa shape index (κ1) is 16.4. The molecule has 19 heavy (non-hydrogen) atoms. The van der Waals surface area contributed by atoms with Crippen LogP contribution in [0.1, 0.15) is 52.9 Å². The fourth-order valence-corrected chi connectivity index (χ4v) is 2.75. The molecule has 0 radical (unpaired) electrons. The Balaban J connectivity index is 2.32. The number of rotatable bonds is 6. The van der Waals surface area contributed by atoms with E-state index >= 15 is 0 Å². The van der Waals surface area contributed by atoms with Crippen LogP contribution in [0, 0.1) is 11.3 Å². The van der Waals surface area contributed by atoms with E-state index in [0.29, 0.717) is 18.9 Å². The van der Waals surface area contributed by atoms with Crippen molar-refractivity contribution in [1.82, 2.24) is 4.90 Å². The van der Waals surface area contributed by atoms with Gasteiger partial charge in [0.25, 0.3) is 0 Å². The van der Waals surface area contributed by atoms with Gasteiger partial charge in [-0.3, -0.25) is 4.79 Å². The van der Waals surface area contributed by atoms with E-state index in [4.69, 9.17) is 5.73 Å². The standard InChI is InChI=1S/C15H30N2O2/c1-12(18)13-5-10-17(11-6-13)14(19)4-7-15(2,3)8-9-16/h12-13,18H,4-11,16H2,1-3H3. The smallest absolute Gasteiger partial charge is 0.222 e. The Labute approximate surface area is 117 Å². The first-order valence-corrected chi connectivity index (χ1v) is 7.51. The first-order valence-electron chi connectivity index (χ1n) is 7.51. The summed E-state index contributed by atoms with van der Waals surface area (Å²) in [6.07, 6.45) is 4.09. The van der Waals surface area contributed by atoms with Gasteiger partial charge < -0.3 is 15.7 Å². The second-order valence-electron chi connectivity index (χ2n) is 6.66. The number of aliphatic hydroxyl groups is 1. The van der Waals surface area contributed by atoms with E-state index in [9.17, 15) is 9.90 Å². The van der Waals surface area contributed by atoms with Crippen LogP contribution in [0.25, 0.3) is 0 Å². The number of aliphatic hydroxyl groups excluding tert-OH is 1. The molecule has 0 aromatic carbocycles. The predicted molar refractivity (Wildman–Crippen MR) is 77.7 cm³/mol. The molecular formula is C15H30N2O2. The lowest BCUT2D eigenvalue weighted by atomic mass is 9.84. The number of carbonyl (C=O) groups is 1. The number of likely N-dealkylation sites (tertiary alicyclic amines) is 1. The molecule has 1 aliphatic rings. The number of hydrogen-bond donors (Lipinski definition) is 2. The van der Waals surface area contributed by atoms with Gasteiger partial charge in [-0.2, -0.15) is 0 Å². The summed E-state index contributed by atoms with van der Waals surface area (Å²) in [6.45, 7) is 8.47. The molecule has 3 N–H and O–H groups in total. The van der Waals surface area contributed by atoms with Gasteiger partial charge in [0.1, 0.15) is 0 Å². The van der Waals surface area contributed by atoms with Gasteiger partial charge in [0.15, 0.2) is 0 Å². The summed E-state index contributed by atoms with van der Waals surface area (Å²) in [4.78, 5) is 14.1. The Morgan fingerprint density at radius 1 is 1.37 bits per heavy atom. The number of nitrogens with two attached hydrogens (primary N) is 1. The molecule has 0 saturated carbocycles. The predicted octanol–water partition coefficient (Wildman–Crippen LogP) is 1.76. The van der Waals surface area contributed by atoms with Crippen molar-refractivity contribution in [2.45, 2.75) is 59.0 Å². The number of amides is 1. The average Bonchev–Trinajstić information content (AvgIpc) is 2.36. The number of nitrogens with zero attached hydrogens (tertiary/aromatic N) is 1. The van der Waals surface area contributed by atoms with Crippen molar-refractivity contribution in [3.63, 3.8) is 0 Å². The third-order valence-electron chi connectivity index (χ3n) is 4.41. The zero-order valence-electron chi connectivity index (χ0n) is 12.7. The van der Waals surface area contributed by atoms with Gasteiger partial charge in [-0.25, -0.2) is 0 Å². The Hall–Kier alpha value is -0.610. The van der Waals surface area contributed by atoms with Gasteiger partial charge in [-0.05, 0) is 50.5 Å². The topological polar surface area (TPSA) is 66.6 Å². The highest BCUT2D eigenvalue weighted by Crippen LogP contribution is 2.27. The molecule has 1 heterocycles. The van der Waals surface area contributed by atoms with Crippen molar-refractivity contribution in [1.29, 1.82) is 0 Å². The van der Waals surface area contributed by atoms with E-state index in [-0.39, 0.29) is 17.4 Å². The minimum atomic E-state index is -0.249. The first-order chi connectivity index (χ1) is 8.85. The number of hydrogen-bond acceptors (Lipinski definition) is 3. The molecule has 1 fully saturated rings. The Kier molecular flexibility index (Phi) is 6.27. The van der Waals surface area contributed by atoms with Gasteiger partial charge in [-0.1, -0.05) is 13.8 Å². The molecule has 0 aromatic heterocycles. The van der Waals surface area contributed by atoms with Crippen LogP contribution >= 0.6 is 0 Å². The molecule has 0 spiro atoms. The molecule has 1 rings (SSSR count). The maximum absolute atomic E-state index is 12.2. The van der Waals surface area contributed by atoms with Crippen LogP contribution in [0.5, 0.6) is 0 Å². The third-order valence-corrected chi connectivity index (χ3v) is 4.41. The van der Waals surface area contributed by atoms with E-state index in [0.717, 1.165) is 38.8 Å². The summed E-state index contributed by atoms with van der Waals surface area (Å²) >= 11 is 0. The molecule has 112 valence electrons. The van der Waals surface area contributed by atoms with Gasteiger partial charge >= 0.3 is 0 Å². The van der Waals surface area contributed by atoms with Crippen LogP contribution < -0.4 is 5.73 Å². The molecule has 0 bridgehead atoms. The average molecular weight is 270 g/mol. The van der Waals surface area contributed by atoms with E-state index < -0.39 is 0 Å². The van der Waals surface area contributed by atoms with Gasteiger partial charge in [0, 0.05) is 19.5 Å². The number of carbonyl (C=O) groups excluding carboxylic acids is 1. The molecule has 4 nitrogen and oxygen atoms in total. The minimum Gasteiger partial charge on any atom is -0.393 e. The molecule has 1 unspecified atom stereocenters. The third kappa shape index (κ3) is 5.49. The molecule has 4 heteroatoms. The van der Waals surface area contributed by atoms with Crippen LogP contribution in [0.2, 0.25) is 0 Å².